The molecule has 30 N–H and O–H groups in total. The number of guanidine groups is 2. The molecule has 1 aromatic carbocycles. The van der Waals surface area contributed by atoms with E-state index in [0.717, 1.165) is 0 Å². The van der Waals surface area contributed by atoms with Gasteiger partial charge in [-0.25, -0.2) is 4.79 Å². The van der Waals surface area contributed by atoms with Crippen molar-refractivity contribution in [3.63, 3.8) is 0 Å². The normalized spacial score (nSPS) is 14.3. The molecule has 0 unspecified atom stereocenters. The van der Waals surface area contributed by atoms with Gasteiger partial charge in [-0.15, -0.1) is 0 Å². The maximum atomic E-state index is 14.2. The molecule has 0 aliphatic heterocycles. The summed E-state index contributed by atoms with van der Waals surface area (Å²) in [6.45, 7) is 1.08. The summed E-state index contributed by atoms with van der Waals surface area (Å²) in [5, 5.41) is 70.6. The van der Waals surface area contributed by atoms with Crippen LogP contribution >= 0.6 is 0 Å². The van der Waals surface area contributed by atoms with Gasteiger partial charge in [-0.1, -0.05) is 26.0 Å². The number of benzene rings is 1. The van der Waals surface area contributed by atoms with Gasteiger partial charge < -0.3 is 119 Å². The van der Waals surface area contributed by atoms with Crippen molar-refractivity contribution in [3.8, 4) is 5.75 Å². The van der Waals surface area contributed by atoms with Crippen LogP contribution in [0.25, 0.3) is 0 Å². The molecule has 10 atom stereocenters. The molecule has 0 bridgehead atoms. The number of primary amides is 1. The topological polar surface area (TPSA) is 647 Å². The predicted molar refractivity (Wildman–Crippen MR) is 320 cm³/mol. The van der Waals surface area contributed by atoms with E-state index in [-0.39, 0.29) is 102 Å². The van der Waals surface area contributed by atoms with Crippen molar-refractivity contribution in [2.45, 2.75) is 164 Å². The SMILES string of the molecule is CC(C)[C@H](NC(=O)[C@@H](CO)NC(=O)[C@H](CCCN=C(N)N)NC(=O)[C@H](CCCCN)NC(=O)[C@H](CO)NC(=O)[C@H](CCCN=C(N)N)NC(=O)[C@H](N)Cc1ccc(O)cc1)C(=O)N[C@@H](CCC(N)=O)C(=O)N[C@@H](CCCCN)C(=O)N[C@@H](CC(=O)O)C(=O)O. The van der Waals surface area contributed by atoms with Gasteiger partial charge in [0.1, 0.15) is 60.1 Å². The Hall–Kier alpha value is -9.00. The molecule has 0 fully saturated rings. The number of amides is 10. The number of nitrogens with one attached hydrogen (secondary N) is 9. The van der Waals surface area contributed by atoms with Gasteiger partial charge in [-0.3, -0.25) is 62.7 Å². The number of nitrogens with zero attached hydrogens (tertiary/aromatic N) is 2. The standard InChI is InChI=1S/C53H91N19O17/c1-27(2)41(50(87)68-35(17-18-39(57)76)47(84)65-32(10-4-6-20-55)44(81)69-36(51(88)89)24-40(77)78)72-49(86)38(26-74)71-46(83)34(12-8-22-63-53(60)61)66-43(80)31(9-3-5-19-54)67-48(85)37(25-73)70-45(82)33(11-7-21-62-52(58)59)64-42(79)30(56)23-28-13-15-29(75)16-14-28/h13-16,27,30-38,41,73-75H,3-12,17-26,54-56H2,1-2H3,(H2,57,76)(H,64,79)(H,65,84)(H,66,80)(H,67,85)(H,68,87)(H,69,81)(H,70,82)(H,71,83)(H,72,86)(H,77,78)(H,88,89)(H4,58,59,62)(H4,60,61,63)/t30-,31+,32+,33+,34+,35+,36+,37+,38-,41+/m1/s1. The summed E-state index contributed by atoms with van der Waals surface area (Å²) in [4.78, 5) is 167. The smallest absolute Gasteiger partial charge is 0.326 e. The highest BCUT2D eigenvalue weighted by atomic mass is 16.4. The molecule has 0 aliphatic rings. The highest BCUT2D eigenvalue weighted by molar-refractivity contribution is 5.99. The summed E-state index contributed by atoms with van der Waals surface area (Å²) in [7, 11) is 0. The lowest BCUT2D eigenvalue weighted by atomic mass is 10.0. The van der Waals surface area contributed by atoms with E-state index in [1.165, 1.54) is 26.0 Å². The van der Waals surface area contributed by atoms with Crippen LogP contribution in [0.1, 0.15) is 103 Å². The van der Waals surface area contributed by atoms with Crippen LogP contribution in [0.3, 0.4) is 0 Å². The number of carboxylic acid groups (broad SMARTS) is 2. The Morgan fingerprint density at radius 3 is 1.17 bits per heavy atom. The minimum Gasteiger partial charge on any atom is -0.508 e. The van der Waals surface area contributed by atoms with E-state index in [9.17, 15) is 83.1 Å². The van der Waals surface area contributed by atoms with E-state index in [1.807, 2.05) is 0 Å². The van der Waals surface area contributed by atoms with Crippen molar-refractivity contribution in [3.05, 3.63) is 29.8 Å². The second-order valence-corrected chi connectivity index (χ2v) is 21.0. The minimum absolute atomic E-state index is 0.00143. The number of nitrogens with two attached hydrogens (primary N) is 8. The summed E-state index contributed by atoms with van der Waals surface area (Å²) < 4.78 is 0. The molecular weight excluding hydrogens is 1170 g/mol. The van der Waals surface area contributed by atoms with Crippen LogP contribution in [0.2, 0.25) is 0 Å². The van der Waals surface area contributed by atoms with Crippen molar-refractivity contribution < 1.29 is 83.1 Å². The molecule has 89 heavy (non-hydrogen) atoms. The van der Waals surface area contributed by atoms with E-state index in [2.05, 4.69) is 57.8 Å². The fraction of sp³-hybridized carbons (Fsp3) is 0.623. The number of aliphatic carboxylic acids is 2. The van der Waals surface area contributed by atoms with Gasteiger partial charge >= 0.3 is 11.9 Å². The number of hydrogen-bond acceptors (Lipinski definition) is 20. The fourth-order valence-electron chi connectivity index (χ4n) is 8.33. The van der Waals surface area contributed by atoms with E-state index in [1.54, 1.807) is 12.1 Å². The molecule has 0 aliphatic carbocycles. The first-order chi connectivity index (χ1) is 42.0. The third-order valence-corrected chi connectivity index (χ3v) is 13.2. The number of aromatic hydroxyl groups is 1. The number of aliphatic imine (C=N–C) groups is 2. The van der Waals surface area contributed by atoms with E-state index in [4.69, 9.17) is 45.9 Å². The number of unbranched alkanes of at least 4 members (excludes halogenated alkanes) is 2. The minimum atomic E-state index is -1.90. The molecule has 0 saturated carbocycles. The average Bonchev–Trinajstić information content (AvgIpc) is 3.17. The van der Waals surface area contributed by atoms with Crippen molar-refractivity contribution in [2.75, 3.05) is 39.4 Å². The van der Waals surface area contributed by atoms with Crippen LogP contribution in [0.4, 0.5) is 0 Å². The number of phenolic OH excluding ortho intramolecular Hbond substituents is 1. The fourth-order valence-corrected chi connectivity index (χ4v) is 8.33. The number of carboxylic acids is 2. The third-order valence-electron chi connectivity index (χ3n) is 13.2. The van der Waals surface area contributed by atoms with Crippen molar-refractivity contribution in [1.29, 1.82) is 0 Å². The number of phenols is 1. The Labute approximate surface area is 513 Å². The Morgan fingerprint density at radius 2 is 0.809 bits per heavy atom. The number of rotatable bonds is 45. The maximum absolute atomic E-state index is 14.2. The summed E-state index contributed by atoms with van der Waals surface area (Å²) in [5.74, 6) is -14.8. The Bertz CT molecular complexity index is 2570. The van der Waals surface area contributed by atoms with Gasteiger partial charge in [-0.05, 0) is 114 Å². The van der Waals surface area contributed by atoms with E-state index in [0.29, 0.717) is 18.4 Å². The highest BCUT2D eigenvalue weighted by Gasteiger charge is 2.36. The second kappa shape index (κ2) is 42.0. The number of carbonyl (C=O) groups excluding carboxylic acids is 10. The number of carbonyl (C=O) groups is 12. The van der Waals surface area contributed by atoms with Crippen LogP contribution in [0, 0.1) is 5.92 Å². The van der Waals surface area contributed by atoms with Crippen LogP contribution in [-0.2, 0) is 64.0 Å². The molecule has 0 saturated heterocycles. The van der Waals surface area contributed by atoms with Crippen molar-refractivity contribution in [2.24, 2.45) is 61.8 Å². The van der Waals surface area contributed by atoms with Gasteiger partial charge in [0, 0.05) is 19.5 Å². The van der Waals surface area contributed by atoms with Crippen LogP contribution < -0.4 is 93.7 Å². The molecule has 0 spiro atoms. The van der Waals surface area contributed by atoms with Crippen LogP contribution in [0.5, 0.6) is 5.75 Å². The summed E-state index contributed by atoms with van der Waals surface area (Å²) in [6, 6.07) is -9.96. The second-order valence-electron chi connectivity index (χ2n) is 21.0. The van der Waals surface area contributed by atoms with Gasteiger partial charge in [0.15, 0.2) is 11.9 Å². The molecule has 0 aromatic heterocycles. The van der Waals surface area contributed by atoms with Crippen LogP contribution in [0.15, 0.2) is 34.3 Å². The molecule has 36 heteroatoms. The first kappa shape index (κ1) is 78.0. The number of aliphatic hydroxyl groups is 2. The summed E-state index contributed by atoms with van der Waals surface area (Å²) in [6.07, 6.45) is -1.32. The summed E-state index contributed by atoms with van der Waals surface area (Å²) in [5.41, 5.74) is 45.2. The molecular formula is C53H91N19O17. The van der Waals surface area contributed by atoms with Crippen LogP contribution in [-0.4, -0.2) is 208 Å². The summed E-state index contributed by atoms with van der Waals surface area (Å²) >= 11 is 0. The zero-order chi connectivity index (χ0) is 67.3. The lowest BCUT2D eigenvalue weighted by molar-refractivity contribution is -0.147. The lowest BCUT2D eigenvalue weighted by Gasteiger charge is -2.29. The van der Waals surface area contributed by atoms with Crippen molar-refractivity contribution in [1.82, 2.24) is 47.9 Å². The number of hydrogen-bond donors (Lipinski definition) is 22. The third kappa shape index (κ3) is 31.5. The van der Waals surface area contributed by atoms with Crippen molar-refractivity contribution >= 4 is 82.9 Å². The Morgan fingerprint density at radius 1 is 0.461 bits per heavy atom. The number of aliphatic hydroxyl groups excluding tert-OH is 2. The molecule has 10 amide bonds. The zero-order valence-electron chi connectivity index (χ0n) is 50.0. The van der Waals surface area contributed by atoms with Gasteiger partial charge in [0.05, 0.1) is 25.7 Å². The molecule has 0 heterocycles. The average molecular weight is 1270 g/mol. The monoisotopic (exact) mass is 1270 g/mol. The predicted octanol–water partition coefficient (Wildman–Crippen LogP) is -8.54. The molecule has 500 valence electrons. The Balaban J connectivity index is 3.50. The van der Waals surface area contributed by atoms with Gasteiger partial charge in [0.25, 0.3) is 0 Å². The highest BCUT2D eigenvalue weighted by Crippen LogP contribution is 2.13. The molecule has 36 nitrogen and oxygen atoms in total. The quantitative estimate of drug-likeness (QED) is 0.0164. The van der Waals surface area contributed by atoms with Gasteiger partial charge in [-0.2, -0.15) is 0 Å². The lowest BCUT2D eigenvalue weighted by Crippen LogP contribution is -2.62. The van der Waals surface area contributed by atoms with Gasteiger partial charge in [0.2, 0.25) is 59.1 Å². The molecule has 1 rings (SSSR count). The largest absolute Gasteiger partial charge is 0.508 e. The Kier molecular flexibility index (Phi) is 36.8. The first-order valence-electron chi connectivity index (χ1n) is 28.7. The molecule has 1 aromatic rings. The molecule has 0 radical (unpaired) electrons. The van der Waals surface area contributed by atoms with E-state index >= 15 is 0 Å². The van der Waals surface area contributed by atoms with E-state index < -0.39 is 170 Å². The maximum Gasteiger partial charge on any atom is 0.326 e. The zero-order valence-corrected chi connectivity index (χ0v) is 50.0. The first-order valence-corrected chi connectivity index (χ1v) is 28.7.